The average Bonchev–Trinajstić information content (AvgIpc) is 2.71. The van der Waals surface area contributed by atoms with Gasteiger partial charge in [-0.25, -0.2) is 0 Å². The maximum atomic E-state index is 18.2. The Balaban J connectivity index is 2.62. The van der Waals surface area contributed by atoms with E-state index in [9.17, 15) is 0 Å². The molecule has 1 nitrogen and oxygen atoms in total. The molecule has 3 aromatic rings. The van der Waals surface area contributed by atoms with E-state index in [-0.39, 0.29) is 23.9 Å². The van der Waals surface area contributed by atoms with E-state index in [1.807, 2.05) is 13.8 Å². The van der Waals surface area contributed by atoms with Crippen LogP contribution < -0.4 is 10.8 Å². The molecule has 0 aliphatic heterocycles. The van der Waals surface area contributed by atoms with Gasteiger partial charge in [-0.05, 0) is 0 Å². The molecule has 0 radical (unpaired) electrons. The third kappa shape index (κ3) is 2.29. The molecule has 3 rings (SSSR count). The molecule has 0 saturated carbocycles. The van der Waals surface area contributed by atoms with Gasteiger partial charge in [0.05, 0.1) is 0 Å². The number of benzene rings is 3. The summed E-state index contributed by atoms with van der Waals surface area (Å²) in [4.78, 5) is 0. The Morgan fingerprint density at radius 1 is 0.577 bits per heavy atom. The standard InChI is InChI=1S/C22H25F2NTe/c1-3-25(4-2)26(23,24,20-14-8-5-9-15-20,21-16-10-6-11-17-21)22-18-12-7-13-19-22/h5-19H,3-4H2,1-2H3. The van der Waals surface area contributed by atoms with Crippen molar-refractivity contribution in [3.8, 4) is 0 Å². The molecule has 138 valence electrons. The van der Waals surface area contributed by atoms with E-state index < -0.39 is 16.8 Å². The molecule has 0 aromatic heterocycles. The molecule has 4 heteroatoms. The molecule has 0 heterocycles. The molecule has 0 N–H and O–H groups in total. The van der Waals surface area contributed by atoms with E-state index in [4.69, 9.17) is 0 Å². The zero-order valence-corrected chi connectivity index (χ0v) is 17.5. The van der Waals surface area contributed by atoms with Gasteiger partial charge in [0.25, 0.3) is 0 Å². The molecule has 0 aliphatic carbocycles. The van der Waals surface area contributed by atoms with Crippen LogP contribution in [0.4, 0.5) is 5.78 Å². The molecule has 0 fully saturated rings. The van der Waals surface area contributed by atoms with Gasteiger partial charge < -0.3 is 0 Å². The van der Waals surface area contributed by atoms with Gasteiger partial charge in [-0.3, -0.25) is 0 Å². The van der Waals surface area contributed by atoms with Gasteiger partial charge in [-0.15, -0.1) is 0 Å². The van der Waals surface area contributed by atoms with Crippen molar-refractivity contribution in [1.82, 2.24) is 3.15 Å². The summed E-state index contributed by atoms with van der Waals surface area (Å²) < 4.78 is 38.2. The Bertz CT molecular complexity index is 770. The van der Waals surface area contributed by atoms with Crippen LogP contribution in [-0.2, 0) is 0 Å². The van der Waals surface area contributed by atoms with Crippen LogP contribution in [0.3, 0.4) is 0 Å². The molecule has 0 aliphatic rings. The number of hydrogen-bond acceptors (Lipinski definition) is 1. The summed E-state index contributed by atoms with van der Waals surface area (Å²) in [5.74, 6) is 0. The Labute approximate surface area is 154 Å². The molecule has 3 aromatic carbocycles. The second kappa shape index (κ2) is 6.46. The summed E-state index contributed by atoms with van der Waals surface area (Å²) in [6.45, 7) is 4.18. The molecular weight excluding hydrogens is 444 g/mol. The van der Waals surface area contributed by atoms with Gasteiger partial charge >= 0.3 is 155 Å². The third-order valence-electron chi connectivity index (χ3n) is 5.08. The Kier molecular flexibility index (Phi) is 4.73. The van der Waals surface area contributed by atoms with E-state index >= 15 is 5.78 Å². The van der Waals surface area contributed by atoms with Crippen LogP contribution >= 0.6 is 0 Å². The second-order valence-electron chi connectivity index (χ2n) is 6.29. The molecule has 0 atom stereocenters. The summed E-state index contributed by atoms with van der Waals surface area (Å²) in [5, 5.41) is 0. The summed E-state index contributed by atoms with van der Waals surface area (Å²) in [7, 11) is 0. The summed E-state index contributed by atoms with van der Waals surface area (Å²) in [5.41, 5.74) is 0. The van der Waals surface area contributed by atoms with Crippen molar-refractivity contribution in [3.05, 3.63) is 91.0 Å². The third-order valence-corrected chi connectivity index (χ3v) is 21.1. The van der Waals surface area contributed by atoms with Crippen LogP contribution in [0.25, 0.3) is 0 Å². The minimum absolute atomic E-state index is 0.135. The van der Waals surface area contributed by atoms with Gasteiger partial charge in [-0.1, -0.05) is 0 Å². The fourth-order valence-electron chi connectivity index (χ4n) is 3.82. The Morgan fingerprint density at radius 2 is 0.846 bits per heavy atom. The van der Waals surface area contributed by atoms with Crippen LogP contribution in [0.1, 0.15) is 13.8 Å². The predicted molar refractivity (Wildman–Crippen MR) is 109 cm³/mol. The monoisotopic (exact) mass is 471 g/mol. The molecule has 26 heavy (non-hydrogen) atoms. The van der Waals surface area contributed by atoms with Crippen LogP contribution in [0.5, 0.6) is 0 Å². The SMILES string of the molecule is CCN(CC)[Te](F)(F)(c1ccccc1)(c1ccccc1)c1ccccc1. The zero-order valence-electron chi connectivity index (χ0n) is 15.2. The van der Waals surface area contributed by atoms with Crippen molar-refractivity contribution in [2.45, 2.75) is 13.8 Å². The van der Waals surface area contributed by atoms with E-state index in [0.29, 0.717) is 0 Å². The van der Waals surface area contributed by atoms with Crippen molar-refractivity contribution in [1.29, 1.82) is 0 Å². The molecule has 0 spiro atoms. The Hall–Kier alpha value is -1.73. The Morgan fingerprint density at radius 3 is 1.08 bits per heavy atom. The van der Waals surface area contributed by atoms with Crippen molar-refractivity contribution in [2.75, 3.05) is 13.1 Å². The van der Waals surface area contributed by atoms with E-state index in [2.05, 4.69) is 0 Å². The summed E-state index contributed by atoms with van der Waals surface area (Å²) in [6.07, 6.45) is 0. The summed E-state index contributed by atoms with van der Waals surface area (Å²) >= 11 is -7.35. The van der Waals surface area contributed by atoms with Gasteiger partial charge in [0.1, 0.15) is 0 Å². The molecule has 0 saturated heterocycles. The average molecular weight is 469 g/mol. The number of hydrogen-bond donors (Lipinski definition) is 0. The molecule has 0 bridgehead atoms. The molecular formula is C22H25F2NTe. The second-order valence-corrected chi connectivity index (χ2v) is 18.9. The predicted octanol–water partition coefficient (Wildman–Crippen LogP) is 3.84. The van der Waals surface area contributed by atoms with Crippen molar-refractivity contribution in [3.63, 3.8) is 0 Å². The van der Waals surface area contributed by atoms with Crippen LogP contribution in [-0.4, -0.2) is 33.1 Å². The summed E-state index contributed by atoms with van der Waals surface area (Å²) in [6, 6.07) is 25.3. The van der Waals surface area contributed by atoms with Gasteiger partial charge in [0.2, 0.25) is 0 Å². The van der Waals surface area contributed by atoms with Crippen LogP contribution in [0.2, 0.25) is 0 Å². The number of nitrogens with zero attached hydrogens (tertiary/aromatic N) is 1. The minimum atomic E-state index is -7.35. The zero-order chi connectivity index (χ0) is 18.7. The first kappa shape index (κ1) is 19.0. The molecule has 0 amide bonds. The topological polar surface area (TPSA) is 3.24 Å². The number of rotatable bonds is 6. The van der Waals surface area contributed by atoms with E-state index in [1.54, 1.807) is 91.0 Å². The van der Waals surface area contributed by atoms with Crippen molar-refractivity contribution < 1.29 is 5.78 Å². The molecule has 0 unspecified atom stereocenters. The van der Waals surface area contributed by atoms with Gasteiger partial charge in [-0.2, -0.15) is 0 Å². The quantitative estimate of drug-likeness (QED) is 0.497. The number of halogens is 2. The van der Waals surface area contributed by atoms with E-state index in [0.717, 1.165) is 0 Å². The fraction of sp³-hybridized carbons (Fsp3) is 0.182. The first-order chi connectivity index (χ1) is 12.4. The van der Waals surface area contributed by atoms with Crippen LogP contribution in [0, 0.1) is 0 Å². The van der Waals surface area contributed by atoms with Crippen LogP contribution in [0.15, 0.2) is 91.0 Å². The fourth-order valence-corrected chi connectivity index (χ4v) is 18.5. The van der Waals surface area contributed by atoms with Crippen molar-refractivity contribution >= 4 is 27.7 Å². The van der Waals surface area contributed by atoms with E-state index in [1.165, 1.54) is 3.15 Å². The normalized spacial score (nSPS) is 14.7. The first-order valence-corrected chi connectivity index (χ1v) is 15.2. The van der Waals surface area contributed by atoms with Gasteiger partial charge in [0, 0.05) is 0 Å². The maximum absolute atomic E-state index is 18.2. The van der Waals surface area contributed by atoms with Gasteiger partial charge in [0.15, 0.2) is 0 Å². The van der Waals surface area contributed by atoms with Crippen molar-refractivity contribution in [2.24, 2.45) is 0 Å². The first-order valence-electron chi connectivity index (χ1n) is 8.88.